The summed E-state index contributed by atoms with van der Waals surface area (Å²) in [5.41, 5.74) is 3.16. The van der Waals surface area contributed by atoms with Gasteiger partial charge >= 0.3 is 0 Å². The first-order valence-corrected chi connectivity index (χ1v) is 13.5. The highest BCUT2D eigenvalue weighted by Crippen LogP contribution is 2.52. The van der Waals surface area contributed by atoms with Crippen LogP contribution in [0.1, 0.15) is 28.7 Å². The molecule has 3 amide bonds. The average Bonchev–Trinajstić information content (AvgIpc) is 3.40. The molecule has 2 atom stereocenters. The minimum absolute atomic E-state index is 0.0128. The lowest BCUT2D eigenvalue weighted by Gasteiger charge is -2.33. The molecule has 0 N–H and O–H groups in total. The molecule has 6 nitrogen and oxygen atoms in total. The SMILES string of the molecule is COc1ccc(CN2C(=O)C[C@H]([C@]3(Cc4ccccc4)C(=O)N(Cc4ccccc4)c4ccccc43)C2=O)cc1. The Labute approximate surface area is 233 Å². The third-order valence-electron chi connectivity index (χ3n) is 8.15. The van der Waals surface area contributed by atoms with E-state index in [1.165, 1.54) is 4.90 Å². The number of carbonyl (C=O) groups is 3. The number of rotatable bonds is 8. The van der Waals surface area contributed by atoms with Crippen molar-refractivity contribution >= 4 is 23.4 Å². The molecule has 0 aromatic heterocycles. The molecule has 0 radical (unpaired) electrons. The monoisotopic (exact) mass is 530 g/mol. The van der Waals surface area contributed by atoms with Gasteiger partial charge in [-0.25, -0.2) is 0 Å². The number of likely N-dealkylation sites (tertiary alicyclic amines) is 1. The van der Waals surface area contributed by atoms with E-state index in [1.807, 2.05) is 109 Å². The third-order valence-corrected chi connectivity index (χ3v) is 8.15. The minimum Gasteiger partial charge on any atom is -0.497 e. The number of para-hydroxylation sites is 1. The Bertz CT molecular complexity index is 1550. The number of ether oxygens (including phenoxy) is 1. The van der Waals surface area contributed by atoms with E-state index in [0.717, 1.165) is 27.9 Å². The zero-order valence-electron chi connectivity index (χ0n) is 22.3. The summed E-state index contributed by atoms with van der Waals surface area (Å²) in [4.78, 5) is 45.4. The lowest BCUT2D eigenvalue weighted by atomic mass is 9.66. The number of amides is 3. The van der Waals surface area contributed by atoms with Crippen molar-refractivity contribution in [1.82, 2.24) is 4.90 Å². The van der Waals surface area contributed by atoms with Gasteiger partial charge in [-0.2, -0.15) is 0 Å². The summed E-state index contributed by atoms with van der Waals surface area (Å²) >= 11 is 0. The first-order valence-electron chi connectivity index (χ1n) is 13.5. The molecule has 1 saturated heterocycles. The van der Waals surface area contributed by atoms with Crippen LogP contribution in [0.5, 0.6) is 5.75 Å². The Morgan fingerprint density at radius 1 is 0.700 bits per heavy atom. The van der Waals surface area contributed by atoms with E-state index in [-0.39, 0.29) is 30.7 Å². The number of hydrogen-bond acceptors (Lipinski definition) is 4. The zero-order chi connectivity index (χ0) is 27.7. The van der Waals surface area contributed by atoms with E-state index in [0.29, 0.717) is 18.7 Å². The van der Waals surface area contributed by atoms with Gasteiger partial charge in [0.1, 0.15) is 5.75 Å². The van der Waals surface area contributed by atoms with Crippen molar-refractivity contribution in [2.45, 2.75) is 31.3 Å². The highest BCUT2D eigenvalue weighted by atomic mass is 16.5. The first-order chi connectivity index (χ1) is 19.5. The molecule has 4 aromatic carbocycles. The maximum atomic E-state index is 14.7. The topological polar surface area (TPSA) is 66.9 Å². The number of carbonyl (C=O) groups excluding carboxylic acids is 3. The standard InChI is InChI=1S/C34H30N2O4/c1-40-27-18-16-26(17-19-27)23-36-31(37)20-29(32(36)38)34(21-24-10-4-2-5-11-24)28-14-8-9-15-30(28)35(33(34)39)22-25-12-6-3-7-13-25/h2-19,29H,20-23H2,1H3/t29-,34+/m0/s1. The van der Waals surface area contributed by atoms with Crippen LogP contribution >= 0.6 is 0 Å². The molecule has 200 valence electrons. The molecule has 0 saturated carbocycles. The average molecular weight is 531 g/mol. The number of imide groups is 1. The van der Waals surface area contributed by atoms with E-state index >= 15 is 0 Å². The summed E-state index contributed by atoms with van der Waals surface area (Å²) in [5, 5.41) is 0. The van der Waals surface area contributed by atoms with Crippen molar-refractivity contribution in [3.8, 4) is 5.75 Å². The summed E-state index contributed by atoms with van der Waals surface area (Å²) in [5.74, 6) is -0.813. The minimum atomic E-state index is -1.20. The summed E-state index contributed by atoms with van der Waals surface area (Å²) in [6.07, 6.45) is 0.316. The Balaban J connectivity index is 1.42. The molecule has 6 rings (SSSR count). The smallest absolute Gasteiger partial charge is 0.239 e. The van der Waals surface area contributed by atoms with Crippen molar-refractivity contribution < 1.29 is 19.1 Å². The molecular formula is C34H30N2O4. The van der Waals surface area contributed by atoms with Crippen LogP contribution in [0.25, 0.3) is 0 Å². The second-order valence-electron chi connectivity index (χ2n) is 10.5. The molecule has 1 fully saturated rings. The van der Waals surface area contributed by atoms with Crippen molar-refractivity contribution in [2.24, 2.45) is 5.92 Å². The molecular weight excluding hydrogens is 500 g/mol. The highest BCUT2D eigenvalue weighted by Gasteiger charge is 2.61. The van der Waals surface area contributed by atoms with Crippen LogP contribution in [0.15, 0.2) is 109 Å². The number of fused-ring (bicyclic) bond motifs is 1. The second-order valence-corrected chi connectivity index (χ2v) is 10.5. The van der Waals surface area contributed by atoms with Gasteiger partial charge in [0.2, 0.25) is 17.7 Å². The van der Waals surface area contributed by atoms with Gasteiger partial charge in [-0.1, -0.05) is 91.0 Å². The zero-order valence-corrected chi connectivity index (χ0v) is 22.3. The lowest BCUT2D eigenvalue weighted by Crippen LogP contribution is -2.49. The van der Waals surface area contributed by atoms with Crippen molar-refractivity contribution in [3.05, 3.63) is 131 Å². The maximum Gasteiger partial charge on any atom is 0.239 e. The van der Waals surface area contributed by atoms with Gasteiger partial charge in [-0.3, -0.25) is 19.3 Å². The molecule has 0 bridgehead atoms. The van der Waals surface area contributed by atoms with Crippen LogP contribution in [0.2, 0.25) is 0 Å². The molecule has 2 aliphatic rings. The molecule has 40 heavy (non-hydrogen) atoms. The van der Waals surface area contributed by atoms with Crippen molar-refractivity contribution in [3.63, 3.8) is 0 Å². The molecule has 6 heteroatoms. The van der Waals surface area contributed by atoms with Crippen LogP contribution < -0.4 is 9.64 Å². The van der Waals surface area contributed by atoms with Gasteiger partial charge in [0, 0.05) is 12.1 Å². The van der Waals surface area contributed by atoms with Crippen molar-refractivity contribution in [2.75, 3.05) is 12.0 Å². The number of hydrogen-bond donors (Lipinski definition) is 0. The summed E-state index contributed by atoms with van der Waals surface area (Å²) in [6, 6.07) is 34.7. The summed E-state index contributed by atoms with van der Waals surface area (Å²) in [6.45, 7) is 0.542. The van der Waals surface area contributed by atoms with E-state index < -0.39 is 11.3 Å². The van der Waals surface area contributed by atoms with Crippen LogP contribution in [-0.4, -0.2) is 29.7 Å². The Morgan fingerprint density at radius 3 is 1.95 bits per heavy atom. The Morgan fingerprint density at radius 2 is 1.27 bits per heavy atom. The maximum absolute atomic E-state index is 14.7. The number of nitrogens with zero attached hydrogens (tertiary/aromatic N) is 2. The fourth-order valence-corrected chi connectivity index (χ4v) is 6.17. The van der Waals surface area contributed by atoms with Gasteiger partial charge in [0.25, 0.3) is 0 Å². The third kappa shape index (κ3) is 4.35. The number of methoxy groups -OCH3 is 1. The Hall–Kier alpha value is -4.71. The number of benzene rings is 4. The molecule has 0 spiro atoms. The summed E-state index contributed by atoms with van der Waals surface area (Å²) < 4.78 is 5.24. The van der Waals surface area contributed by atoms with E-state index in [1.54, 1.807) is 12.0 Å². The van der Waals surface area contributed by atoms with Crippen LogP contribution in [0, 0.1) is 5.92 Å². The Kier molecular flexibility index (Phi) is 6.68. The van der Waals surface area contributed by atoms with E-state index in [9.17, 15) is 14.4 Å². The van der Waals surface area contributed by atoms with Gasteiger partial charge < -0.3 is 9.64 Å². The summed E-state index contributed by atoms with van der Waals surface area (Å²) in [7, 11) is 1.59. The normalized spacial score (nSPS) is 20.2. The quantitative estimate of drug-likeness (QED) is 0.290. The molecule has 2 aliphatic heterocycles. The second kappa shape index (κ2) is 10.5. The van der Waals surface area contributed by atoms with Gasteiger partial charge in [-0.15, -0.1) is 0 Å². The predicted octanol–water partition coefficient (Wildman–Crippen LogP) is 5.30. The van der Waals surface area contributed by atoms with Crippen molar-refractivity contribution in [1.29, 1.82) is 0 Å². The predicted molar refractivity (Wildman–Crippen MR) is 153 cm³/mol. The van der Waals surface area contributed by atoms with Gasteiger partial charge in [-0.05, 0) is 46.9 Å². The van der Waals surface area contributed by atoms with Crippen LogP contribution in [-0.2, 0) is 39.3 Å². The molecule has 0 unspecified atom stereocenters. The largest absolute Gasteiger partial charge is 0.497 e. The van der Waals surface area contributed by atoms with Crippen LogP contribution in [0.3, 0.4) is 0 Å². The fourth-order valence-electron chi connectivity index (χ4n) is 6.17. The van der Waals surface area contributed by atoms with Gasteiger partial charge in [0.15, 0.2) is 0 Å². The van der Waals surface area contributed by atoms with Gasteiger partial charge in [0.05, 0.1) is 31.5 Å². The molecule has 0 aliphatic carbocycles. The fraction of sp³-hybridized carbons (Fsp3) is 0.206. The van der Waals surface area contributed by atoms with E-state index in [2.05, 4.69) is 0 Å². The lowest BCUT2D eigenvalue weighted by molar-refractivity contribution is -0.142. The molecule has 2 heterocycles. The first kappa shape index (κ1) is 25.6. The van der Waals surface area contributed by atoms with E-state index in [4.69, 9.17) is 4.74 Å². The molecule has 4 aromatic rings. The van der Waals surface area contributed by atoms with Crippen LogP contribution in [0.4, 0.5) is 5.69 Å². The highest BCUT2D eigenvalue weighted by molar-refractivity contribution is 6.14. The number of anilines is 1.